The number of nitrogens with zero attached hydrogens (tertiary/aromatic N) is 2. The molecular weight excluding hydrogens is 500 g/mol. The van der Waals surface area contributed by atoms with Crippen LogP contribution in [0.25, 0.3) is 11.0 Å². The topological polar surface area (TPSA) is 61.2 Å². The number of benzene rings is 3. The standard InChI is InChI=1S/C22H14Br2N2O3/c23-16-7-3-5-14(11-16)21(27)26-19-10-2-1-9-18(19)25-20(26)13-29-22(28)15-6-4-8-17(24)12-15/h1-12H,13H2. The predicted molar refractivity (Wildman–Crippen MR) is 117 cm³/mol. The number of aromatic nitrogens is 2. The fourth-order valence-corrected chi connectivity index (χ4v) is 3.78. The molecule has 5 nitrogen and oxygen atoms in total. The lowest BCUT2D eigenvalue weighted by atomic mass is 10.2. The van der Waals surface area contributed by atoms with E-state index in [1.807, 2.05) is 36.4 Å². The summed E-state index contributed by atoms with van der Waals surface area (Å²) in [6, 6.07) is 21.4. The Balaban J connectivity index is 1.68. The molecule has 4 rings (SSSR count). The minimum Gasteiger partial charge on any atom is -0.454 e. The molecule has 7 heteroatoms. The summed E-state index contributed by atoms with van der Waals surface area (Å²) in [4.78, 5) is 30.1. The molecule has 0 amide bonds. The van der Waals surface area contributed by atoms with Crippen LogP contribution in [0.15, 0.2) is 81.7 Å². The van der Waals surface area contributed by atoms with Crippen molar-refractivity contribution in [2.24, 2.45) is 0 Å². The Kier molecular flexibility index (Phi) is 5.60. The van der Waals surface area contributed by atoms with Crippen molar-refractivity contribution in [3.05, 3.63) is 98.7 Å². The molecule has 0 aliphatic carbocycles. The molecule has 0 fully saturated rings. The molecule has 144 valence electrons. The number of para-hydroxylation sites is 2. The van der Waals surface area contributed by atoms with Crippen molar-refractivity contribution in [2.75, 3.05) is 0 Å². The van der Waals surface area contributed by atoms with E-state index in [0.717, 1.165) is 8.95 Å². The van der Waals surface area contributed by atoms with Gasteiger partial charge >= 0.3 is 5.97 Å². The molecule has 0 saturated carbocycles. The summed E-state index contributed by atoms with van der Waals surface area (Å²) < 4.78 is 8.52. The number of fused-ring (bicyclic) bond motifs is 1. The first-order chi connectivity index (χ1) is 14.0. The SMILES string of the molecule is O=C(OCc1nc2ccccc2n1C(=O)c1cccc(Br)c1)c1cccc(Br)c1. The van der Waals surface area contributed by atoms with E-state index in [4.69, 9.17) is 4.74 Å². The van der Waals surface area contributed by atoms with Gasteiger partial charge in [-0.2, -0.15) is 0 Å². The van der Waals surface area contributed by atoms with Crippen molar-refractivity contribution in [3.63, 3.8) is 0 Å². The second-order valence-corrected chi connectivity index (χ2v) is 8.09. The summed E-state index contributed by atoms with van der Waals surface area (Å²) in [7, 11) is 0. The molecular formula is C22H14Br2N2O3. The Morgan fingerprint density at radius 3 is 2.24 bits per heavy atom. The zero-order valence-corrected chi connectivity index (χ0v) is 18.2. The van der Waals surface area contributed by atoms with Crippen LogP contribution in [-0.2, 0) is 11.3 Å². The van der Waals surface area contributed by atoms with Gasteiger partial charge in [-0.05, 0) is 48.5 Å². The fraction of sp³-hybridized carbons (Fsp3) is 0.0455. The normalized spacial score (nSPS) is 10.8. The van der Waals surface area contributed by atoms with Crippen molar-refractivity contribution in [2.45, 2.75) is 6.61 Å². The van der Waals surface area contributed by atoms with Gasteiger partial charge in [0.1, 0.15) is 6.61 Å². The van der Waals surface area contributed by atoms with Crippen molar-refractivity contribution in [1.29, 1.82) is 0 Å². The van der Waals surface area contributed by atoms with Gasteiger partial charge < -0.3 is 4.74 Å². The Labute approximate surface area is 183 Å². The number of rotatable bonds is 4. The number of ether oxygens (including phenoxy) is 1. The van der Waals surface area contributed by atoms with Crippen LogP contribution in [0.3, 0.4) is 0 Å². The van der Waals surface area contributed by atoms with Crippen LogP contribution >= 0.6 is 31.9 Å². The van der Waals surface area contributed by atoms with E-state index in [0.29, 0.717) is 28.0 Å². The summed E-state index contributed by atoms with van der Waals surface area (Å²) in [6.45, 7) is -0.125. The van der Waals surface area contributed by atoms with E-state index in [1.165, 1.54) is 4.57 Å². The molecule has 0 saturated heterocycles. The summed E-state index contributed by atoms with van der Waals surface area (Å²) in [5, 5.41) is 0. The van der Waals surface area contributed by atoms with E-state index in [2.05, 4.69) is 36.8 Å². The Hall–Kier alpha value is -2.77. The third kappa shape index (κ3) is 4.16. The Bertz CT molecular complexity index is 1230. The highest BCUT2D eigenvalue weighted by Gasteiger charge is 2.20. The maximum absolute atomic E-state index is 13.2. The van der Waals surface area contributed by atoms with Crippen LogP contribution < -0.4 is 0 Å². The Morgan fingerprint density at radius 2 is 1.52 bits per heavy atom. The van der Waals surface area contributed by atoms with Gasteiger partial charge in [0.25, 0.3) is 5.91 Å². The first-order valence-corrected chi connectivity index (χ1v) is 10.3. The van der Waals surface area contributed by atoms with E-state index >= 15 is 0 Å². The first kappa shape index (κ1) is 19.5. The monoisotopic (exact) mass is 512 g/mol. The summed E-state index contributed by atoms with van der Waals surface area (Å²) in [6.07, 6.45) is 0. The molecule has 0 radical (unpaired) electrons. The van der Waals surface area contributed by atoms with Crippen molar-refractivity contribution < 1.29 is 14.3 Å². The number of halogens is 2. The van der Waals surface area contributed by atoms with Crippen LogP contribution in [-0.4, -0.2) is 21.4 Å². The summed E-state index contributed by atoms with van der Waals surface area (Å²) in [5.41, 5.74) is 2.23. The third-order valence-electron chi connectivity index (χ3n) is 4.30. The molecule has 0 atom stereocenters. The summed E-state index contributed by atoms with van der Waals surface area (Å²) >= 11 is 6.73. The smallest absolute Gasteiger partial charge is 0.338 e. The van der Waals surface area contributed by atoms with Crippen LogP contribution in [0.2, 0.25) is 0 Å². The minimum absolute atomic E-state index is 0.125. The lowest BCUT2D eigenvalue weighted by Crippen LogP contribution is -2.17. The van der Waals surface area contributed by atoms with E-state index in [9.17, 15) is 9.59 Å². The number of imidazole rings is 1. The molecule has 3 aromatic carbocycles. The molecule has 29 heavy (non-hydrogen) atoms. The van der Waals surface area contributed by atoms with E-state index in [-0.39, 0.29) is 12.5 Å². The number of carbonyl (C=O) groups is 2. The molecule has 4 aromatic rings. The zero-order chi connectivity index (χ0) is 20.4. The maximum atomic E-state index is 13.2. The van der Waals surface area contributed by atoms with E-state index in [1.54, 1.807) is 36.4 Å². The molecule has 1 heterocycles. The van der Waals surface area contributed by atoms with Crippen molar-refractivity contribution >= 4 is 54.8 Å². The molecule has 0 bridgehead atoms. The van der Waals surface area contributed by atoms with Gasteiger partial charge in [0.15, 0.2) is 5.82 Å². The number of esters is 1. The second kappa shape index (κ2) is 8.31. The predicted octanol–water partition coefficient (Wildman–Crippen LogP) is 5.61. The number of hydrogen-bond donors (Lipinski definition) is 0. The summed E-state index contributed by atoms with van der Waals surface area (Å²) in [5.74, 6) is -0.368. The largest absolute Gasteiger partial charge is 0.454 e. The molecule has 0 N–H and O–H groups in total. The first-order valence-electron chi connectivity index (χ1n) is 8.72. The number of carbonyl (C=O) groups excluding carboxylic acids is 2. The average Bonchev–Trinajstić information content (AvgIpc) is 3.09. The van der Waals surface area contributed by atoms with Crippen molar-refractivity contribution in [1.82, 2.24) is 9.55 Å². The molecule has 0 spiro atoms. The van der Waals surface area contributed by atoms with Gasteiger partial charge in [-0.3, -0.25) is 9.36 Å². The highest BCUT2D eigenvalue weighted by atomic mass is 79.9. The zero-order valence-electron chi connectivity index (χ0n) is 15.0. The van der Waals surface area contributed by atoms with Crippen molar-refractivity contribution in [3.8, 4) is 0 Å². The van der Waals surface area contributed by atoms with Gasteiger partial charge in [-0.15, -0.1) is 0 Å². The molecule has 0 aliphatic heterocycles. The van der Waals surface area contributed by atoms with Gasteiger partial charge in [0.2, 0.25) is 0 Å². The number of hydrogen-bond acceptors (Lipinski definition) is 4. The molecule has 1 aromatic heterocycles. The lowest BCUT2D eigenvalue weighted by Gasteiger charge is -2.09. The Morgan fingerprint density at radius 1 is 0.862 bits per heavy atom. The molecule has 0 unspecified atom stereocenters. The van der Waals surface area contributed by atoms with Gasteiger partial charge in [-0.1, -0.05) is 56.1 Å². The third-order valence-corrected chi connectivity index (χ3v) is 5.28. The van der Waals surface area contributed by atoms with Crippen LogP contribution in [0, 0.1) is 0 Å². The molecule has 0 aliphatic rings. The minimum atomic E-state index is -0.486. The van der Waals surface area contributed by atoms with Gasteiger partial charge in [0, 0.05) is 14.5 Å². The highest BCUT2D eigenvalue weighted by Crippen LogP contribution is 2.21. The van der Waals surface area contributed by atoms with Crippen LogP contribution in [0.1, 0.15) is 26.5 Å². The lowest BCUT2D eigenvalue weighted by molar-refractivity contribution is 0.0456. The van der Waals surface area contributed by atoms with Crippen LogP contribution in [0.5, 0.6) is 0 Å². The quantitative estimate of drug-likeness (QED) is 0.333. The maximum Gasteiger partial charge on any atom is 0.338 e. The van der Waals surface area contributed by atoms with Gasteiger partial charge in [-0.25, -0.2) is 9.78 Å². The van der Waals surface area contributed by atoms with Crippen LogP contribution in [0.4, 0.5) is 0 Å². The second-order valence-electron chi connectivity index (χ2n) is 6.25. The van der Waals surface area contributed by atoms with E-state index < -0.39 is 5.97 Å². The fourth-order valence-electron chi connectivity index (χ4n) is 2.98. The average molecular weight is 514 g/mol. The highest BCUT2D eigenvalue weighted by molar-refractivity contribution is 9.10. The van der Waals surface area contributed by atoms with Gasteiger partial charge in [0.05, 0.1) is 16.6 Å².